The topological polar surface area (TPSA) is 15.3 Å². The number of nitrogens with zero attached hydrogens (tertiary/aromatic N) is 1. The molecule has 1 aliphatic heterocycles. The predicted octanol–water partition coefficient (Wildman–Crippen LogP) is 2.43. The Hall–Kier alpha value is -0.860. The smallest absolute Gasteiger partial charge is 0.0349 e. The highest BCUT2D eigenvalue weighted by Crippen LogP contribution is 2.25. The SMILES string of the molecule is CCC[C@@H](c1ccccc1)N1CCNCC1. The van der Waals surface area contributed by atoms with Crippen molar-refractivity contribution in [2.75, 3.05) is 26.2 Å². The molecule has 0 aromatic heterocycles. The first kappa shape index (κ1) is 11.6. The molecule has 0 unspecified atom stereocenters. The van der Waals surface area contributed by atoms with Crippen LogP contribution in [0.15, 0.2) is 30.3 Å². The number of benzene rings is 1. The van der Waals surface area contributed by atoms with Gasteiger partial charge in [-0.05, 0) is 12.0 Å². The van der Waals surface area contributed by atoms with Crippen molar-refractivity contribution in [1.82, 2.24) is 10.2 Å². The minimum atomic E-state index is 0.619. The van der Waals surface area contributed by atoms with Crippen LogP contribution >= 0.6 is 0 Å². The van der Waals surface area contributed by atoms with E-state index in [1.54, 1.807) is 0 Å². The predicted molar refractivity (Wildman–Crippen MR) is 68.5 cm³/mol. The zero-order valence-corrected chi connectivity index (χ0v) is 10.2. The van der Waals surface area contributed by atoms with E-state index in [9.17, 15) is 0 Å². The Morgan fingerprint density at radius 1 is 1.19 bits per heavy atom. The van der Waals surface area contributed by atoms with E-state index in [0.29, 0.717) is 6.04 Å². The maximum Gasteiger partial charge on any atom is 0.0349 e. The molecular weight excluding hydrogens is 196 g/mol. The summed E-state index contributed by atoms with van der Waals surface area (Å²) in [6.07, 6.45) is 2.52. The van der Waals surface area contributed by atoms with E-state index >= 15 is 0 Å². The van der Waals surface area contributed by atoms with Crippen LogP contribution in [-0.4, -0.2) is 31.1 Å². The van der Waals surface area contributed by atoms with E-state index in [2.05, 4.69) is 47.5 Å². The van der Waals surface area contributed by atoms with Crippen LogP contribution in [-0.2, 0) is 0 Å². The van der Waals surface area contributed by atoms with Gasteiger partial charge in [0.2, 0.25) is 0 Å². The van der Waals surface area contributed by atoms with Crippen LogP contribution in [0.3, 0.4) is 0 Å². The van der Waals surface area contributed by atoms with E-state index in [0.717, 1.165) is 13.1 Å². The maximum atomic E-state index is 3.42. The van der Waals surface area contributed by atoms with Crippen molar-refractivity contribution in [3.63, 3.8) is 0 Å². The third-order valence-corrected chi connectivity index (χ3v) is 3.34. The molecule has 1 saturated heterocycles. The Morgan fingerprint density at radius 3 is 2.50 bits per heavy atom. The zero-order valence-electron chi connectivity index (χ0n) is 10.2. The van der Waals surface area contributed by atoms with Crippen molar-refractivity contribution in [2.45, 2.75) is 25.8 Å². The Labute approximate surface area is 98.7 Å². The van der Waals surface area contributed by atoms with E-state index in [1.165, 1.54) is 31.5 Å². The molecule has 88 valence electrons. The summed E-state index contributed by atoms with van der Waals surface area (Å²) < 4.78 is 0. The number of hydrogen-bond donors (Lipinski definition) is 1. The van der Waals surface area contributed by atoms with Gasteiger partial charge in [-0.25, -0.2) is 0 Å². The highest BCUT2D eigenvalue weighted by Gasteiger charge is 2.20. The molecule has 1 heterocycles. The summed E-state index contributed by atoms with van der Waals surface area (Å²) >= 11 is 0. The Balaban J connectivity index is 2.09. The quantitative estimate of drug-likeness (QED) is 0.835. The third-order valence-electron chi connectivity index (χ3n) is 3.34. The van der Waals surface area contributed by atoms with Crippen LogP contribution < -0.4 is 5.32 Å². The first-order valence-corrected chi connectivity index (χ1v) is 6.41. The highest BCUT2D eigenvalue weighted by molar-refractivity contribution is 5.19. The maximum absolute atomic E-state index is 3.42. The molecule has 2 nitrogen and oxygen atoms in total. The molecule has 2 rings (SSSR count). The lowest BCUT2D eigenvalue weighted by atomic mass is 10.00. The minimum Gasteiger partial charge on any atom is -0.314 e. The second-order valence-electron chi connectivity index (χ2n) is 4.50. The van der Waals surface area contributed by atoms with Gasteiger partial charge < -0.3 is 5.32 Å². The van der Waals surface area contributed by atoms with Crippen molar-refractivity contribution >= 4 is 0 Å². The van der Waals surface area contributed by atoms with Crippen LogP contribution in [0, 0.1) is 0 Å². The molecular formula is C14H22N2. The summed E-state index contributed by atoms with van der Waals surface area (Å²) in [5, 5.41) is 3.42. The molecule has 0 aliphatic carbocycles. The molecule has 1 N–H and O–H groups in total. The lowest BCUT2D eigenvalue weighted by molar-refractivity contribution is 0.164. The number of hydrogen-bond acceptors (Lipinski definition) is 2. The summed E-state index contributed by atoms with van der Waals surface area (Å²) in [4.78, 5) is 2.62. The van der Waals surface area contributed by atoms with E-state index < -0.39 is 0 Å². The average molecular weight is 218 g/mol. The standard InChI is InChI=1S/C14H22N2/c1-2-6-14(13-7-4-3-5-8-13)16-11-9-15-10-12-16/h3-5,7-8,14-15H,2,6,9-12H2,1H3/t14-/m0/s1. The van der Waals surface area contributed by atoms with Gasteiger partial charge in [-0.15, -0.1) is 0 Å². The molecule has 16 heavy (non-hydrogen) atoms. The van der Waals surface area contributed by atoms with Gasteiger partial charge in [-0.2, -0.15) is 0 Å². The van der Waals surface area contributed by atoms with Gasteiger partial charge in [0, 0.05) is 32.2 Å². The van der Waals surface area contributed by atoms with Crippen LogP contribution in [0.5, 0.6) is 0 Å². The second kappa shape index (κ2) is 6.02. The molecule has 1 aromatic carbocycles. The van der Waals surface area contributed by atoms with Gasteiger partial charge in [-0.1, -0.05) is 43.7 Å². The second-order valence-corrected chi connectivity index (χ2v) is 4.50. The normalized spacial score (nSPS) is 19.6. The van der Waals surface area contributed by atoms with E-state index in [4.69, 9.17) is 0 Å². The monoisotopic (exact) mass is 218 g/mol. The fraction of sp³-hybridized carbons (Fsp3) is 0.571. The van der Waals surface area contributed by atoms with Gasteiger partial charge in [0.15, 0.2) is 0 Å². The molecule has 1 aliphatic rings. The van der Waals surface area contributed by atoms with Crippen molar-refractivity contribution in [2.24, 2.45) is 0 Å². The lowest BCUT2D eigenvalue weighted by Crippen LogP contribution is -2.45. The van der Waals surface area contributed by atoms with Crippen LogP contribution in [0.4, 0.5) is 0 Å². The van der Waals surface area contributed by atoms with Gasteiger partial charge >= 0.3 is 0 Å². The summed E-state index contributed by atoms with van der Waals surface area (Å²) in [5.41, 5.74) is 1.48. The molecule has 0 saturated carbocycles. The molecule has 1 fully saturated rings. The van der Waals surface area contributed by atoms with Crippen molar-refractivity contribution in [3.05, 3.63) is 35.9 Å². The van der Waals surface area contributed by atoms with Gasteiger partial charge in [0.1, 0.15) is 0 Å². The van der Waals surface area contributed by atoms with Crippen molar-refractivity contribution in [1.29, 1.82) is 0 Å². The van der Waals surface area contributed by atoms with Crippen LogP contribution in [0.1, 0.15) is 31.4 Å². The molecule has 0 bridgehead atoms. The van der Waals surface area contributed by atoms with Crippen LogP contribution in [0.2, 0.25) is 0 Å². The summed E-state index contributed by atoms with van der Waals surface area (Å²) in [6, 6.07) is 11.6. The molecule has 1 atom stereocenters. The molecule has 1 aromatic rings. The molecule has 0 amide bonds. The average Bonchev–Trinajstić information content (AvgIpc) is 2.38. The Bertz CT molecular complexity index is 291. The van der Waals surface area contributed by atoms with Gasteiger partial charge in [0.05, 0.1) is 0 Å². The van der Waals surface area contributed by atoms with Gasteiger partial charge in [-0.3, -0.25) is 4.90 Å². The van der Waals surface area contributed by atoms with Gasteiger partial charge in [0.25, 0.3) is 0 Å². The molecule has 2 heteroatoms. The summed E-state index contributed by atoms with van der Waals surface area (Å²) in [7, 11) is 0. The Kier molecular flexibility index (Phi) is 4.37. The lowest BCUT2D eigenvalue weighted by Gasteiger charge is -2.35. The third kappa shape index (κ3) is 2.83. The zero-order chi connectivity index (χ0) is 11.2. The summed E-state index contributed by atoms with van der Waals surface area (Å²) in [6.45, 7) is 6.90. The molecule has 0 radical (unpaired) electrons. The van der Waals surface area contributed by atoms with Crippen molar-refractivity contribution in [3.8, 4) is 0 Å². The summed E-state index contributed by atoms with van der Waals surface area (Å²) in [5.74, 6) is 0. The number of rotatable bonds is 4. The first-order valence-electron chi connectivity index (χ1n) is 6.41. The van der Waals surface area contributed by atoms with E-state index in [1.807, 2.05) is 0 Å². The van der Waals surface area contributed by atoms with E-state index in [-0.39, 0.29) is 0 Å². The minimum absolute atomic E-state index is 0.619. The first-order chi connectivity index (χ1) is 7.92. The fourth-order valence-electron chi connectivity index (χ4n) is 2.50. The van der Waals surface area contributed by atoms with Crippen molar-refractivity contribution < 1.29 is 0 Å². The largest absolute Gasteiger partial charge is 0.314 e. The molecule has 0 spiro atoms. The highest BCUT2D eigenvalue weighted by atomic mass is 15.2. The number of piperazine rings is 1. The Morgan fingerprint density at radius 2 is 1.88 bits per heavy atom. The van der Waals surface area contributed by atoms with Crippen LogP contribution in [0.25, 0.3) is 0 Å². The fourth-order valence-corrected chi connectivity index (χ4v) is 2.50. The number of nitrogens with one attached hydrogen (secondary N) is 1.